The number of hydrogen-bond acceptors (Lipinski definition) is 3. The second kappa shape index (κ2) is 5.84. The molecule has 0 bridgehead atoms. The lowest BCUT2D eigenvalue weighted by Crippen LogP contribution is -2.14. The van der Waals surface area contributed by atoms with Crippen molar-refractivity contribution in [2.75, 3.05) is 11.2 Å². The minimum atomic E-state index is -0.173. The van der Waals surface area contributed by atoms with E-state index in [0.717, 1.165) is 0 Å². The zero-order chi connectivity index (χ0) is 13.0. The normalized spacial score (nSPS) is 10.3. The molecule has 0 atom stereocenters. The summed E-state index contributed by atoms with van der Waals surface area (Å²) in [5, 5.41) is 7.23. The Hall–Kier alpha value is -1.59. The lowest BCUT2D eigenvalue weighted by molar-refractivity contribution is -0.115. The first-order chi connectivity index (χ1) is 8.72. The predicted molar refractivity (Wildman–Crippen MR) is 70.3 cm³/mol. The smallest absolute Gasteiger partial charge is 0.225 e. The first-order valence-electron chi connectivity index (χ1n) is 5.21. The first-order valence-corrected chi connectivity index (χ1v) is 6.13. The second-order valence-electron chi connectivity index (χ2n) is 3.46. The summed E-state index contributed by atoms with van der Waals surface area (Å²) in [6.45, 7) is 0. The fourth-order valence-electron chi connectivity index (χ4n) is 1.47. The molecule has 1 amide bonds. The van der Waals surface area contributed by atoms with Crippen LogP contribution in [0.5, 0.6) is 0 Å². The van der Waals surface area contributed by atoms with Crippen molar-refractivity contribution in [2.24, 2.45) is 0 Å². The van der Waals surface area contributed by atoms with Crippen molar-refractivity contribution < 1.29 is 4.79 Å². The highest BCUT2D eigenvalue weighted by Crippen LogP contribution is 2.27. The van der Waals surface area contributed by atoms with Gasteiger partial charge in [-0.25, -0.2) is 9.67 Å². The number of halogens is 2. The molecule has 1 N–H and O–H groups in total. The van der Waals surface area contributed by atoms with E-state index < -0.39 is 0 Å². The summed E-state index contributed by atoms with van der Waals surface area (Å²) >= 11 is 11.6. The second-order valence-corrected chi connectivity index (χ2v) is 4.25. The number of nitrogens with one attached hydrogen (secondary N) is 1. The summed E-state index contributed by atoms with van der Waals surface area (Å²) in [6, 6.07) is 5.21. The van der Waals surface area contributed by atoms with E-state index in [1.165, 1.54) is 17.3 Å². The third-order valence-electron chi connectivity index (χ3n) is 2.23. The number of hydrogen-bond donors (Lipinski definition) is 1. The molecule has 0 spiro atoms. The Labute approximate surface area is 114 Å². The molecule has 1 aromatic carbocycles. The minimum absolute atomic E-state index is 0.173. The van der Waals surface area contributed by atoms with Gasteiger partial charge in [-0.15, -0.1) is 11.6 Å². The number of benzene rings is 1. The SMILES string of the molecule is O=C(CCCl)Nc1cccc(Cl)c1-n1cncn1. The van der Waals surface area contributed by atoms with Gasteiger partial charge in [0.2, 0.25) is 5.91 Å². The number of rotatable bonds is 4. The van der Waals surface area contributed by atoms with Crippen LogP contribution in [0.4, 0.5) is 5.69 Å². The van der Waals surface area contributed by atoms with Gasteiger partial charge in [0, 0.05) is 12.3 Å². The van der Waals surface area contributed by atoms with E-state index in [1.807, 2.05) is 0 Å². The molecule has 0 aliphatic heterocycles. The number of aromatic nitrogens is 3. The van der Waals surface area contributed by atoms with Crippen molar-refractivity contribution in [2.45, 2.75) is 6.42 Å². The van der Waals surface area contributed by atoms with E-state index in [9.17, 15) is 4.79 Å². The van der Waals surface area contributed by atoms with Gasteiger partial charge in [0.15, 0.2) is 0 Å². The van der Waals surface area contributed by atoms with Gasteiger partial charge < -0.3 is 5.32 Å². The molecule has 0 unspecified atom stereocenters. The van der Waals surface area contributed by atoms with E-state index in [4.69, 9.17) is 23.2 Å². The highest BCUT2D eigenvalue weighted by molar-refractivity contribution is 6.33. The molecule has 7 heteroatoms. The zero-order valence-electron chi connectivity index (χ0n) is 9.31. The molecule has 2 aromatic rings. The summed E-state index contributed by atoms with van der Waals surface area (Å²) in [5.41, 5.74) is 1.16. The fraction of sp³-hybridized carbons (Fsp3) is 0.182. The fourth-order valence-corrected chi connectivity index (χ4v) is 1.90. The molecule has 2 rings (SSSR count). The van der Waals surface area contributed by atoms with Gasteiger partial charge in [-0.2, -0.15) is 5.10 Å². The summed E-state index contributed by atoms with van der Waals surface area (Å²) in [6.07, 6.45) is 3.15. The highest BCUT2D eigenvalue weighted by Gasteiger charge is 2.12. The Kier molecular flexibility index (Phi) is 4.17. The van der Waals surface area contributed by atoms with Crippen LogP contribution < -0.4 is 5.32 Å². The molecule has 0 aliphatic rings. The number of carbonyl (C=O) groups is 1. The third-order valence-corrected chi connectivity index (χ3v) is 2.72. The predicted octanol–water partition coefficient (Wildman–Crippen LogP) is 2.49. The summed E-state index contributed by atoms with van der Waals surface area (Å²) in [4.78, 5) is 15.4. The number of carbonyl (C=O) groups excluding carboxylic acids is 1. The molecule has 1 heterocycles. The van der Waals surface area contributed by atoms with E-state index in [2.05, 4.69) is 15.4 Å². The van der Waals surface area contributed by atoms with Gasteiger partial charge in [-0.1, -0.05) is 17.7 Å². The van der Waals surface area contributed by atoms with Crippen LogP contribution >= 0.6 is 23.2 Å². The minimum Gasteiger partial charge on any atom is -0.324 e. The summed E-state index contributed by atoms with van der Waals surface area (Å²) < 4.78 is 1.50. The quantitative estimate of drug-likeness (QED) is 0.878. The molecular formula is C11H10Cl2N4O. The first kappa shape index (κ1) is 12.9. The van der Waals surface area contributed by atoms with Crippen molar-refractivity contribution in [3.8, 4) is 5.69 Å². The Bertz CT molecular complexity index is 542. The maximum Gasteiger partial charge on any atom is 0.225 e. The van der Waals surface area contributed by atoms with E-state index in [1.54, 1.807) is 18.2 Å². The molecule has 5 nitrogen and oxygen atoms in total. The number of anilines is 1. The standard InChI is InChI=1S/C11H10Cl2N4O/c12-5-4-10(18)16-9-3-1-2-8(13)11(9)17-7-14-6-15-17/h1-3,6-7H,4-5H2,(H,16,18). The van der Waals surface area contributed by atoms with Gasteiger partial charge in [-0.3, -0.25) is 4.79 Å². The molecule has 18 heavy (non-hydrogen) atoms. The van der Waals surface area contributed by atoms with Crippen molar-refractivity contribution in [3.63, 3.8) is 0 Å². The monoisotopic (exact) mass is 284 g/mol. The van der Waals surface area contributed by atoms with E-state index >= 15 is 0 Å². The summed E-state index contributed by atoms with van der Waals surface area (Å²) in [7, 11) is 0. The number of amides is 1. The number of alkyl halides is 1. The van der Waals surface area contributed by atoms with Crippen LogP contribution in [0.25, 0.3) is 5.69 Å². The molecule has 94 valence electrons. The average molecular weight is 285 g/mol. The van der Waals surface area contributed by atoms with Gasteiger partial charge in [0.1, 0.15) is 18.3 Å². The molecule has 0 saturated carbocycles. The van der Waals surface area contributed by atoms with Crippen LogP contribution in [0.2, 0.25) is 5.02 Å². The Balaban J connectivity index is 2.36. The molecule has 0 aliphatic carbocycles. The third kappa shape index (κ3) is 2.80. The molecule has 1 aromatic heterocycles. The van der Waals surface area contributed by atoms with Crippen LogP contribution in [0, 0.1) is 0 Å². The van der Waals surface area contributed by atoms with E-state index in [0.29, 0.717) is 16.4 Å². The average Bonchev–Trinajstić information content (AvgIpc) is 2.82. The van der Waals surface area contributed by atoms with Crippen LogP contribution in [0.3, 0.4) is 0 Å². The molecule has 0 radical (unpaired) electrons. The Morgan fingerprint density at radius 3 is 2.94 bits per heavy atom. The molecule has 0 fully saturated rings. The van der Waals surface area contributed by atoms with E-state index in [-0.39, 0.29) is 18.2 Å². The molecular weight excluding hydrogens is 275 g/mol. The largest absolute Gasteiger partial charge is 0.324 e. The highest BCUT2D eigenvalue weighted by atomic mass is 35.5. The van der Waals surface area contributed by atoms with Crippen LogP contribution in [-0.2, 0) is 4.79 Å². The lowest BCUT2D eigenvalue weighted by atomic mass is 10.2. The van der Waals surface area contributed by atoms with Crippen LogP contribution in [0.15, 0.2) is 30.9 Å². The van der Waals surface area contributed by atoms with Crippen LogP contribution in [0.1, 0.15) is 6.42 Å². The van der Waals surface area contributed by atoms with Gasteiger partial charge in [0.25, 0.3) is 0 Å². The van der Waals surface area contributed by atoms with Gasteiger partial charge in [0.05, 0.1) is 10.7 Å². The summed E-state index contributed by atoms with van der Waals surface area (Å²) in [5.74, 6) is 0.0963. The van der Waals surface area contributed by atoms with Crippen molar-refractivity contribution in [1.29, 1.82) is 0 Å². The lowest BCUT2D eigenvalue weighted by Gasteiger charge is -2.11. The zero-order valence-corrected chi connectivity index (χ0v) is 10.8. The van der Waals surface area contributed by atoms with Crippen molar-refractivity contribution in [3.05, 3.63) is 35.9 Å². The number of para-hydroxylation sites is 1. The maximum absolute atomic E-state index is 11.6. The maximum atomic E-state index is 11.6. The van der Waals surface area contributed by atoms with Gasteiger partial charge >= 0.3 is 0 Å². The van der Waals surface area contributed by atoms with Crippen molar-refractivity contribution in [1.82, 2.24) is 14.8 Å². The Morgan fingerprint density at radius 1 is 1.44 bits per heavy atom. The van der Waals surface area contributed by atoms with Crippen LogP contribution in [-0.4, -0.2) is 26.6 Å². The van der Waals surface area contributed by atoms with Gasteiger partial charge in [-0.05, 0) is 12.1 Å². The molecule has 0 saturated heterocycles. The Morgan fingerprint density at radius 2 is 2.28 bits per heavy atom. The number of nitrogens with zero attached hydrogens (tertiary/aromatic N) is 3. The topological polar surface area (TPSA) is 59.8 Å². The van der Waals surface area contributed by atoms with Crippen molar-refractivity contribution >= 4 is 34.8 Å².